The number of thiazole rings is 1. The van der Waals surface area contributed by atoms with Crippen LogP contribution in [0.1, 0.15) is 27.4 Å². The Morgan fingerprint density at radius 3 is 2.55 bits per heavy atom. The smallest absolute Gasteiger partial charge is 0.257 e. The zero-order valence-electron chi connectivity index (χ0n) is 13.2. The van der Waals surface area contributed by atoms with Gasteiger partial charge in [0, 0.05) is 50.8 Å². The second kappa shape index (κ2) is 6.18. The van der Waals surface area contributed by atoms with Crippen LogP contribution < -0.4 is 0 Å². The quantitative estimate of drug-likeness (QED) is 0.859. The van der Waals surface area contributed by atoms with Gasteiger partial charge in [-0.1, -0.05) is 0 Å². The summed E-state index contributed by atoms with van der Waals surface area (Å²) in [5.41, 5.74) is 5.49. The first-order valence-electron chi connectivity index (χ1n) is 7.45. The van der Waals surface area contributed by atoms with Gasteiger partial charge < -0.3 is 4.90 Å². The van der Waals surface area contributed by atoms with Crippen molar-refractivity contribution in [3.63, 3.8) is 0 Å². The van der Waals surface area contributed by atoms with Crippen LogP contribution in [0.5, 0.6) is 0 Å². The number of aryl methyl sites for hydroxylation is 2. The van der Waals surface area contributed by atoms with Gasteiger partial charge in [0.1, 0.15) is 0 Å². The maximum atomic E-state index is 12.7. The highest BCUT2D eigenvalue weighted by Crippen LogP contribution is 2.17. The molecule has 0 aromatic carbocycles. The number of piperazine rings is 1. The van der Waals surface area contributed by atoms with Gasteiger partial charge in [0.25, 0.3) is 5.91 Å². The first-order valence-corrected chi connectivity index (χ1v) is 8.39. The Labute approximate surface area is 134 Å². The summed E-state index contributed by atoms with van der Waals surface area (Å²) in [6.45, 7) is 8.03. The minimum atomic E-state index is 0.108. The van der Waals surface area contributed by atoms with E-state index in [4.69, 9.17) is 0 Å². The summed E-state index contributed by atoms with van der Waals surface area (Å²) >= 11 is 1.62. The molecule has 1 aliphatic rings. The van der Waals surface area contributed by atoms with E-state index in [-0.39, 0.29) is 5.91 Å². The fourth-order valence-corrected chi connectivity index (χ4v) is 3.44. The molecule has 6 nitrogen and oxygen atoms in total. The minimum Gasteiger partial charge on any atom is -0.336 e. The molecule has 1 amide bonds. The fourth-order valence-electron chi connectivity index (χ4n) is 2.90. The molecule has 0 spiro atoms. The van der Waals surface area contributed by atoms with Gasteiger partial charge >= 0.3 is 0 Å². The summed E-state index contributed by atoms with van der Waals surface area (Å²) in [4.78, 5) is 21.3. The topological polar surface area (TPSA) is 54.3 Å². The van der Waals surface area contributed by atoms with Crippen molar-refractivity contribution in [3.8, 4) is 0 Å². The molecule has 0 N–H and O–H groups in total. The predicted molar refractivity (Wildman–Crippen MR) is 86.0 cm³/mol. The Morgan fingerprint density at radius 2 is 2.00 bits per heavy atom. The average molecular weight is 319 g/mol. The van der Waals surface area contributed by atoms with Gasteiger partial charge in [0.05, 0.1) is 22.5 Å². The number of hydrogen-bond acceptors (Lipinski definition) is 5. The molecule has 0 radical (unpaired) electrons. The van der Waals surface area contributed by atoms with E-state index in [9.17, 15) is 4.79 Å². The predicted octanol–water partition coefficient (Wildman–Crippen LogP) is 1.45. The third-order valence-electron chi connectivity index (χ3n) is 4.25. The SMILES string of the molecule is Cc1nn(C)c(C)c1C(=O)N1CCN(Cc2cscn2)CC1. The molecule has 2 aromatic rings. The Kier molecular flexibility index (Phi) is 4.26. The van der Waals surface area contributed by atoms with Crippen LogP contribution in [0.2, 0.25) is 0 Å². The molecule has 2 aromatic heterocycles. The highest BCUT2D eigenvalue weighted by molar-refractivity contribution is 7.07. The van der Waals surface area contributed by atoms with E-state index >= 15 is 0 Å². The van der Waals surface area contributed by atoms with Crippen molar-refractivity contribution in [2.24, 2.45) is 7.05 Å². The van der Waals surface area contributed by atoms with Crippen LogP contribution in [0.4, 0.5) is 0 Å². The van der Waals surface area contributed by atoms with E-state index < -0.39 is 0 Å². The molecule has 0 aliphatic carbocycles. The van der Waals surface area contributed by atoms with Crippen LogP contribution in [-0.2, 0) is 13.6 Å². The lowest BCUT2D eigenvalue weighted by Crippen LogP contribution is -2.48. The maximum absolute atomic E-state index is 12.7. The normalized spacial score (nSPS) is 16.2. The molecule has 0 unspecified atom stereocenters. The van der Waals surface area contributed by atoms with Crippen molar-refractivity contribution in [2.45, 2.75) is 20.4 Å². The molecule has 0 atom stereocenters. The van der Waals surface area contributed by atoms with E-state index in [1.165, 1.54) is 0 Å². The largest absolute Gasteiger partial charge is 0.336 e. The molecule has 118 valence electrons. The second-order valence-electron chi connectivity index (χ2n) is 5.72. The van der Waals surface area contributed by atoms with Crippen molar-refractivity contribution >= 4 is 17.2 Å². The van der Waals surface area contributed by atoms with E-state index in [1.807, 2.05) is 31.3 Å². The monoisotopic (exact) mass is 319 g/mol. The molecule has 0 saturated carbocycles. The van der Waals surface area contributed by atoms with Crippen LogP contribution in [-0.4, -0.2) is 56.7 Å². The lowest BCUT2D eigenvalue weighted by Gasteiger charge is -2.34. The third-order valence-corrected chi connectivity index (χ3v) is 4.89. The number of aromatic nitrogens is 3. The van der Waals surface area contributed by atoms with Gasteiger partial charge in [-0.3, -0.25) is 14.4 Å². The lowest BCUT2D eigenvalue weighted by molar-refractivity contribution is 0.0625. The number of nitrogens with zero attached hydrogens (tertiary/aromatic N) is 5. The van der Waals surface area contributed by atoms with Crippen molar-refractivity contribution in [3.05, 3.63) is 33.5 Å². The van der Waals surface area contributed by atoms with Crippen LogP contribution >= 0.6 is 11.3 Å². The number of hydrogen-bond donors (Lipinski definition) is 0. The summed E-state index contributed by atoms with van der Waals surface area (Å²) < 4.78 is 1.78. The average Bonchev–Trinajstić information content (AvgIpc) is 3.08. The number of carbonyl (C=O) groups excluding carboxylic acids is 1. The Balaban J connectivity index is 1.62. The summed E-state index contributed by atoms with van der Waals surface area (Å²) in [6.07, 6.45) is 0. The van der Waals surface area contributed by atoms with Crippen LogP contribution in [0.25, 0.3) is 0 Å². The first kappa shape index (κ1) is 15.2. The minimum absolute atomic E-state index is 0.108. The first-order chi connectivity index (χ1) is 10.6. The summed E-state index contributed by atoms with van der Waals surface area (Å²) in [5, 5.41) is 6.43. The van der Waals surface area contributed by atoms with Gasteiger partial charge in [-0.05, 0) is 13.8 Å². The maximum Gasteiger partial charge on any atom is 0.257 e. The number of amides is 1. The zero-order valence-corrected chi connectivity index (χ0v) is 14.1. The Bertz CT molecular complexity index is 656. The zero-order chi connectivity index (χ0) is 15.7. The number of rotatable bonds is 3. The van der Waals surface area contributed by atoms with Gasteiger partial charge in [-0.15, -0.1) is 11.3 Å². The number of carbonyl (C=O) groups is 1. The lowest BCUT2D eigenvalue weighted by atomic mass is 10.1. The van der Waals surface area contributed by atoms with Gasteiger partial charge in [-0.25, -0.2) is 4.98 Å². The standard InChI is InChI=1S/C15H21N5OS/c1-11-14(12(2)18(3)17-11)15(21)20-6-4-19(5-7-20)8-13-9-22-10-16-13/h9-10H,4-8H2,1-3H3. The van der Waals surface area contributed by atoms with Crippen LogP contribution in [0, 0.1) is 13.8 Å². The van der Waals surface area contributed by atoms with Crippen molar-refractivity contribution in [2.75, 3.05) is 26.2 Å². The molecule has 0 bridgehead atoms. The molecule has 1 fully saturated rings. The van der Waals surface area contributed by atoms with Crippen molar-refractivity contribution in [1.82, 2.24) is 24.6 Å². The van der Waals surface area contributed by atoms with E-state index in [2.05, 4.69) is 20.4 Å². The van der Waals surface area contributed by atoms with Gasteiger partial charge in [-0.2, -0.15) is 5.10 Å². The van der Waals surface area contributed by atoms with Crippen LogP contribution in [0.3, 0.4) is 0 Å². The summed E-state index contributed by atoms with van der Waals surface area (Å²) in [5.74, 6) is 0.108. The molecule has 22 heavy (non-hydrogen) atoms. The molecule has 3 rings (SSSR count). The highest BCUT2D eigenvalue weighted by atomic mass is 32.1. The van der Waals surface area contributed by atoms with E-state index in [0.717, 1.165) is 55.4 Å². The summed E-state index contributed by atoms with van der Waals surface area (Å²) in [6, 6.07) is 0. The van der Waals surface area contributed by atoms with Crippen molar-refractivity contribution in [1.29, 1.82) is 0 Å². The molecule has 3 heterocycles. The van der Waals surface area contributed by atoms with E-state index in [1.54, 1.807) is 16.0 Å². The van der Waals surface area contributed by atoms with Crippen molar-refractivity contribution < 1.29 is 4.79 Å². The van der Waals surface area contributed by atoms with Gasteiger partial charge in [0.2, 0.25) is 0 Å². The van der Waals surface area contributed by atoms with Crippen LogP contribution in [0.15, 0.2) is 10.9 Å². The van der Waals surface area contributed by atoms with E-state index in [0.29, 0.717) is 0 Å². The Hall–Kier alpha value is -1.73. The van der Waals surface area contributed by atoms with Gasteiger partial charge in [0.15, 0.2) is 0 Å². The molecule has 7 heteroatoms. The molecular weight excluding hydrogens is 298 g/mol. The summed E-state index contributed by atoms with van der Waals surface area (Å²) in [7, 11) is 1.88. The fraction of sp³-hybridized carbons (Fsp3) is 0.533. The highest BCUT2D eigenvalue weighted by Gasteiger charge is 2.26. The second-order valence-corrected chi connectivity index (χ2v) is 6.44. The molecule has 1 aliphatic heterocycles. The molecular formula is C15H21N5OS. The molecule has 1 saturated heterocycles. The Morgan fingerprint density at radius 1 is 1.27 bits per heavy atom. The third kappa shape index (κ3) is 2.91.